The second kappa shape index (κ2) is 5.24. The number of hydrazine groups is 1. The molecule has 0 spiro atoms. The zero-order valence-electron chi connectivity index (χ0n) is 11.7. The molecule has 20 heavy (non-hydrogen) atoms. The van der Waals surface area contributed by atoms with Crippen molar-refractivity contribution in [3.05, 3.63) is 11.9 Å². The van der Waals surface area contributed by atoms with E-state index in [1.165, 1.54) is 6.33 Å². The molecule has 1 aromatic heterocycles. The number of aromatic nitrogens is 2. The van der Waals surface area contributed by atoms with E-state index in [1.54, 1.807) is 0 Å². The third kappa shape index (κ3) is 2.07. The molecule has 0 radical (unpaired) electrons. The molecule has 2 aliphatic heterocycles. The average Bonchev–Trinajstić information content (AvgIpc) is 2.87. The molecule has 1 atom stereocenters. The number of hydrogen-bond acceptors (Lipinski definition) is 6. The third-order valence-corrected chi connectivity index (χ3v) is 4.21. The van der Waals surface area contributed by atoms with Gasteiger partial charge in [-0.2, -0.15) is 0 Å². The molecule has 2 aliphatic rings. The number of fused-ring (bicyclic) bond motifs is 1. The topological polar surface area (TPSA) is 87.4 Å². The van der Waals surface area contributed by atoms with Gasteiger partial charge in [-0.3, -0.25) is 4.79 Å². The van der Waals surface area contributed by atoms with E-state index in [9.17, 15) is 4.79 Å². The van der Waals surface area contributed by atoms with Crippen LogP contribution >= 0.6 is 0 Å². The van der Waals surface area contributed by atoms with Crippen LogP contribution in [0, 0.1) is 0 Å². The van der Waals surface area contributed by atoms with Crippen molar-refractivity contribution in [2.75, 3.05) is 30.0 Å². The highest BCUT2D eigenvalue weighted by molar-refractivity contribution is 5.79. The van der Waals surface area contributed by atoms with Gasteiger partial charge >= 0.3 is 0 Å². The van der Waals surface area contributed by atoms with Crippen LogP contribution in [0.5, 0.6) is 0 Å². The van der Waals surface area contributed by atoms with Crippen molar-refractivity contribution in [3.8, 4) is 0 Å². The summed E-state index contributed by atoms with van der Waals surface area (Å²) >= 11 is 0. The lowest BCUT2D eigenvalue weighted by atomic mass is 10.1. The van der Waals surface area contributed by atoms with Crippen LogP contribution in [-0.2, 0) is 11.2 Å². The molecule has 2 saturated heterocycles. The van der Waals surface area contributed by atoms with Gasteiger partial charge < -0.3 is 15.2 Å². The van der Waals surface area contributed by atoms with Crippen molar-refractivity contribution in [2.45, 2.75) is 32.2 Å². The molecule has 2 fully saturated rings. The number of anilines is 2. The summed E-state index contributed by atoms with van der Waals surface area (Å²) in [6, 6.07) is 0.324. The van der Waals surface area contributed by atoms with Crippen LogP contribution in [0.25, 0.3) is 0 Å². The minimum atomic E-state index is 0.289. The number of carbonyl (C=O) groups excluding carboxylic acids is 1. The van der Waals surface area contributed by atoms with Crippen molar-refractivity contribution in [2.24, 2.45) is 5.84 Å². The van der Waals surface area contributed by atoms with E-state index >= 15 is 0 Å². The van der Waals surface area contributed by atoms with Crippen molar-refractivity contribution < 1.29 is 4.79 Å². The Bertz CT molecular complexity index is 520. The van der Waals surface area contributed by atoms with Crippen molar-refractivity contribution in [1.82, 2.24) is 14.9 Å². The average molecular weight is 276 g/mol. The molecule has 0 saturated carbocycles. The van der Waals surface area contributed by atoms with Gasteiger partial charge in [0.05, 0.1) is 0 Å². The van der Waals surface area contributed by atoms with E-state index in [2.05, 4.69) is 27.2 Å². The van der Waals surface area contributed by atoms with Crippen LogP contribution in [0.4, 0.5) is 11.6 Å². The second-order valence-corrected chi connectivity index (χ2v) is 5.25. The molecule has 1 aromatic rings. The summed E-state index contributed by atoms with van der Waals surface area (Å²) in [6.07, 6.45) is 3.98. The van der Waals surface area contributed by atoms with E-state index in [0.717, 1.165) is 43.9 Å². The first-order chi connectivity index (χ1) is 9.74. The molecule has 1 unspecified atom stereocenters. The molecule has 7 nitrogen and oxygen atoms in total. The SMILES string of the molecule is CCc1c(NN)ncnc1N1CCN2C(=O)CCC2C1. The molecular weight excluding hydrogens is 256 g/mol. The van der Waals surface area contributed by atoms with Crippen molar-refractivity contribution >= 4 is 17.5 Å². The minimum Gasteiger partial charge on any atom is -0.352 e. The van der Waals surface area contributed by atoms with E-state index in [0.29, 0.717) is 18.3 Å². The second-order valence-electron chi connectivity index (χ2n) is 5.25. The summed E-state index contributed by atoms with van der Waals surface area (Å²) in [5.74, 6) is 7.43. The van der Waals surface area contributed by atoms with Gasteiger partial charge in [0.15, 0.2) is 0 Å². The Kier molecular flexibility index (Phi) is 3.43. The van der Waals surface area contributed by atoms with Crippen LogP contribution < -0.4 is 16.2 Å². The highest BCUT2D eigenvalue weighted by Gasteiger charge is 2.36. The number of rotatable bonds is 3. The smallest absolute Gasteiger partial charge is 0.223 e. The number of hydrogen-bond donors (Lipinski definition) is 2. The van der Waals surface area contributed by atoms with Gasteiger partial charge in [0.2, 0.25) is 5.91 Å². The van der Waals surface area contributed by atoms with Gasteiger partial charge in [-0.05, 0) is 12.8 Å². The molecule has 108 valence electrons. The summed E-state index contributed by atoms with van der Waals surface area (Å²) in [4.78, 5) is 24.6. The Morgan fingerprint density at radius 3 is 3.05 bits per heavy atom. The maximum absolute atomic E-state index is 11.7. The normalized spacial score (nSPS) is 22.1. The Morgan fingerprint density at radius 1 is 1.45 bits per heavy atom. The number of nitrogens with zero attached hydrogens (tertiary/aromatic N) is 4. The molecule has 3 rings (SSSR count). The summed E-state index contributed by atoms with van der Waals surface area (Å²) in [5.41, 5.74) is 3.67. The summed E-state index contributed by atoms with van der Waals surface area (Å²) in [7, 11) is 0. The lowest BCUT2D eigenvalue weighted by Gasteiger charge is -2.38. The molecule has 0 bridgehead atoms. The van der Waals surface area contributed by atoms with Gasteiger partial charge in [0.25, 0.3) is 0 Å². The van der Waals surface area contributed by atoms with Crippen molar-refractivity contribution in [3.63, 3.8) is 0 Å². The number of amides is 1. The highest BCUT2D eigenvalue weighted by Crippen LogP contribution is 2.29. The monoisotopic (exact) mass is 276 g/mol. The molecule has 3 heterocycles. The fraction of sp³-hybridized carbons (Fsp3) is 0.615. The van der Waals surface area contributed by atoms with Crippen LogP contribution in [0.1, 0.15) is 25.3 Å². The lowest BCUT2D eigenvalue weighted by molar-refractivity contribution is -0.129. The summed E-state index contributed by atoms with van der Waals surface area (Å²) < 4.78 is 0. The minimum absolute atomic E-state index is 0.289. The Balaban J connectivity index is 1.85. The number of piperazine rings is 1. The Hall–Kier alpha value is -1.89. The Labute approximate surface area is 118 Å². The van der Waals surface area contributed by atoms with Gasteiger partial charge in [-0.25, -0.2) is 15.8 Å². The van der Waals surface area contributed by atoms with E-state index in [4.69, 9.17) is 5.84 Å². The Morgan fingerprint density at radius 2 is 2.30 bits per heavy atom. The molecule has 3 N–H and O–H groups in total. The maximum Gasteiger partial charge on any atom is 0.223 e. The quantitative estimate of drug-likeness (QED) is 0.603. The first kappa shape index (κ1) is 13.1. The largest absolute Gasteiger partial charge is 0.352 e. The standard InChI is InChI=1S/C13H20N6O/c1-2-10-12(17-14)15-8-16-13(10)18-5-6-19-9(7-18)3-4-11(19)20/h8-9H,2-7,14H2,1H3,(H,15,16,17). The zero-order valence-corrected chi connectivity index (χ0v) is 11.7. The lowest BCUT2D eigenvalue weighted by Crippen LogP contribution is -2.52. The van der Waals surface area contributed by atoms with Crippen LogP contribution in [-0.4, -0.2) is 46.5 Å². The number of nitrogen functional groups attached to an aromatic ring is 1. The van der Waals surface area contributed by atoms with Gasteiger partial charge in [-0.1, -0.05) is 6.92 Å². The number of carbonyl (C=O) groups is 1. The molecule has 1 amide bonds. The predicted octanol–water partition coefficient (Wildman–Crippen LogP) is 0.136. The fourth-order valence-electron chi connectivity index (χ4n) is 3.18. The third-order valence-electron chi connectivity index (χ3n) is 4.21. The molecule has 0 aliphatic carbocycles. The van der Waals surface area contributed by atoms with E-state index in [1.807, 2.05) is 4.90 Å². The fourth-order valence-corrected chi connectivity index (χ4v) is 3.18. The van der Waals surface area contributed by atoms with Crippen LogP contribution in [0.15, 0.2) is 6.33 Å². The molecule has 7 heteroatoms. The number of nitrogens with two attached hydrogens (primary N) is 1. The summed E-state index contributed by atoms with van der Waals surface area (Å²) in [5, 5.41) is 0. The van der Waals surface area contributed by atoms with Crippen LogP contribution in [0.2, 0.25) is 0 Å². The van der Waals surface area contributed by atoms with Gasteiger partial charge in [-0.15, -0.1) is 0 Å². The van der Waals surface area contributed by atoms with Gasteiger partial charge in [0, 0.05) is 37.7 Å². The van der Waals surface area contributed by atoms with E-state index in [-0.39, 0.29) is 5.91 Å². The van der Waals surface area contributed by atoms with Gasteiger partial charge in [0.1, 0.15) is 18.0 Å². The first-order valence-electron chi connectivity index (χ1n) is 7.09. The molecule has 0 aromatic carbocycles. The highest BCUT2D eigenvalue weighted by atomic mass is 16.2. The number of nitrogens with one attached hydrogen (secondary N) is 1. The molecular formula is C13H20N6O. The first-order valence-corrected chi connectivity index (χ1v) is 7.09. The predicted molar refractivity (Wildman–Crippen MR) is 76.2 cm³/mol. The van der Waals surface area contributed by atoms with Crippen molar-refractivity contribution in [1.29, 1.82) is 0 Å². The van der Waals surface area contributed by atoms with Crippen LogP contribution in [0.3, 0.4) is 0 Å². The zero-order chi connectivity index (χ0) is 14.1. The maximum atomic E-state index is 11.7. The summed E-state index contributed by atoms with van der Waals surface area (Å²) in [6.45, 7) is 4.51. The van der Waals surface area contributed by atoms with E-state index < -0.39 is 0 Å².